The van der Waals surface area contributed by atoms with E-state index in [9.17, 15) is 13.2 Å². The van der Waals surface area contributed by atoms with Crippen molar-refractivity contribution >= 4 is 15.9 Å². The van der Waals surface area contributed by atoms with Crippen molar-refractivity contribution in [2.45, 2.75) is 44.2 Å². The maximum absolute atomic E-state index is 12.9. The normalized spacial score (nSPS) is 27.1. The molecule has 1 amide bonds. The Hall–Kier alpha value is -1.41. The van der Waals surface area contributed by atoms with Crippen LogP contribution < -0.4 is 0 Å². The molecule has 0 aliphatic carbocycles. The third kappa shape index (κ3) is 3.58. The SMILES string of the molecule is CS(=O)(=O)N1CCCC[C@H]1C(=O)N1CCC[C@@H](n2ccnc2)C1. The van der Waals surface area contributed by atoms with Crippen molar-refractivity contribution in [3.05, 3.63) is 18.7 Å². The molecule has 0 aromatic carbocycles. The highest BCUT2D eigenvalue weighted by Gasteiger charge is 2.38. The molecule has 0 spiro atoms. The van der Waals surface area contributed by atoms with E-state index in [2.05, 4.69) is 4.98 Å². The second-order valence-electron chi connectivity index (χ2n) is 6.48. The van der Waals surface area contributed by atoms with E-state index in [1.165, 1.54) is 10.6 Å². The Balaban J connectivity index is 1.73. The molecule has 128 valence electrons. The highest BCUT2D eigenvalue weighted by atomic mass is 32.2. The van der Waals surface area contributed by atoms with Crippen molar-refractivity contribution in [1.29, 1.82) is 0 Å². The summed E-state index contributed by atoms with van der Waals surface area (Å²) in [5, 5.41) is 0. The molecule has 0 N–H and O–H groups in total. The Labute approximate surface area is 137 Å². The summed E-state index contributed by atoms with van der Waals surface area (Å²) in [5.74, 6) is -0.0417. The first kappa shape index (κ1) is 16.4. The maximum Gasteiger partial charge on any atom is 0.241 e. The van der Waals surface area contributed by atoms with Crippen molar-refractivity contribution in [3.8, 4) is 0 Å². The lowest BCUT2D eigenvalue weighted by Gasteiger charge is -2.39. The standard InChI is InChI=1S/C15H24N4O3S/c1-23(21,22)19-9-3-2-6-14(19)15(20)17-8-4-5-13(11-17)18-10-7-16-12-18/h7,10,12-14H,2-6,8-9,11H2,1H3/t13-,14+/m1/s1. The summed E-state index contributed by atoms with van der Waals surface area (Å²) in [6.07, 6.45) is 10.9. The molecule has 2 fully saturated rings. The lowest BCUT2D eigenvalue weighted by Crippen LogP contribution is -2.54. The van der Waals surface area contributed by atoms with E-state index in [1.54, 1.807) is 12.5 Å². The van der Waals surface area contributed by atoms with Crippen molar-refractivity contribution in [2.24, 2.45) is 0 Å². The summed E-state index contributed by atoms with van der Waals surface area (Å²) in [4.78, 5) is 18.8. The summed E-state index contributed by atoms with van der Waals surface area (Å²) in [7, 11) is -3.34. The van der Waals surface area contributed by atoms with Gasteiger partial charge in [-0.05, 0) is 25.7 Å². The zero-order valence-electron chi connectivity index (χ0n) is 13.5. The number of carbonyl (C=O) groups is 1. The number of amides is 1. The van der Waals surface area contributed by atoms with Gasteiger partial charge in [0.1, 0.15) is 6.04 Å². The minimum absolute atomic E-state index is 0.0417. The summed E-state index contributed by atoms with van der Waals surface area (Å²) in [5.41, 5.74) is 0. The van der Waals surface area contributed by atoms with Gasteiger partial charge in [-0.25, -0.2) is 13.4 Å². The Kier molecular flexibility index (Phi) is 4.72. The van der Waals surface area contributed by atoms with E-state index in [0.29, 0.717) is 26.1 Å². The van der Waals surface area contributed by atoms with E-state index in [-0.39, 0.29) is 11.9 Å². The molecule has 3 heterocycles. The summed E-state index contributed by atoms with van der Waals surface area (Å²) >= 11 is 0. The molecule has 8 heteroatoms. The third-order valence-electron chi connectivity index (χ3n) is 4.82. The molecular weight excluding hydrogens is 316 g/mol. The van der Waals surface area contributed by atoms with Crippen molar-refractivity contribution < 1.29 is 13.2 Å². The molecule has 0 radical (unpaired) electrons. The molecule has 2 aliphatic rings. The Morgan fingerprint density at radius 1 is 1.17 bits per heavy atom. The number of likely N-dealkylation sites (tertiary alicyclic amines) is 1. The van der Waals surface area contributed by atoms with E-state index in [4.69, 9.17) is 0 Å². The van der Waals surface area contributed by atoms with E-state index < -0.39 is 16.1 Å². The first-order chi connectivity index (χ1) is 11.0. The molecule has 0 saturated carbocycles. The van der Waals surface area contributed by atoms with Crippen molar-refractivity contribution in [2.75, 3.05) is 25.9 Å². The van der Waals surface area contributed by atoms with Gasteiger partial charge in [0, 0.05) is 32.0 Å². The van der Waals surface area contributed by atoms with Crippen molar-refractivity contribution in [1.82, 2.24) is 18.8 Å². The lowest BCUT2D eigenvalue weighted by molar-refractivity contribution is -0.137. The topological polar surface area (TPSA) is 75.5 Å². The highest BCUT2D eigenvalue weighted by molar-refractivity contribution is 7.88. The molecule has 2 saturated heterocycles. The van der Waals surface area contributed by atoms with Crippen LogP contribution in [-0.4, -0.2) is 65.0 Å². The number of hydrogen-bond donors (Lipinski definition) is 0. The molecule has 0 bridgehead atoms. The molecule has 1 aromatic rings. The Morgan fingerprint density at radius 3 is 2.70 bits per heavy atom. The number of imidazole rings is 1. The zero-order chi connectivity index (χ0) is 16.4. The first-order valence-electron chi connectivity index (χ1n) is 8.20. The van der Waals surface area contributed by atoms with Crippen LogP contribution in [0.15, 0.2) is 18.7 Å². The van der Waals surface area contributed by atoms with E-state index in [0.717, 1.165) is 25.7 Å². The number of rotatable bonds is 3. The van der Waals surface area contributed by atoms with Gasteiger partial charge in [-0.1, -0.05) is 6.42 Å². The predicted molar refractivity (Wildman–Crippen MR) is 86.3 cm³/mol. The van der Waals surface area contributed by atoms with Crippen LogP contribution in [0.5, 0.6) is 0 Å². The molecule has 7 nitrogen and oxygen atoms in total. The summed E-state index contributed by atoms with van der Waals surface area (Å²) in [6.45, 7) is 1.79. The van der Waals surface area contributed by atoms with Crippen LogP contribution in [0.25, 0.3) is 0 Å². The van der Waals surface area contributed by atoms with Gasteiger partial charge in [0.2, 0.25) is 15.9 Å². The van der Waals surface area contributed by atoms with Crippen LogP contribution >= 0.6 is 0 Å². The first-order valence-corrected chi connectivity index (χ1v) is 10.0. The maximum atomic E-state index is 12.9. The van der Waals surface area contributed by atoms with Crippen LogP contribution in [0.4, 0.5) is 0 Å². The van der Waals surface area contributed by atoms with Crippen LogP contribution in [0, 0.1) is 0 Å². The fraction of sp³-hybridized carbons (Fsp3) is 0.733. The fourth-order valence-corrected chi connectivity index (χ4v) is 4.76. The van der Waals surface area contributed by atoms with Gasteiger partial charge in [-0.2, -0.15) is 4.31 Å². The van der Waals surface area contributed by atoms with Crippen LogP contribution in [0.3, 0.4) is 0 Å². The Morgan fingerprint density at radius 2 is 2.00 bits per heavy atom. The number of hydrogen-bond acceptors (Lipinski definition) is 4. The third-order valence-corrected chi connectivity index (χ3v) is 6.11. The monoisotopic (exact) mass is 340 g/mol. The van der Waals surface area contributed by atoms with Gasteiger partial charge in [0.25, 0.3) is 0 Å². The van der Waals surface area contributed by atoms with Gasteiger partial charge in [-0.3, -0.25) is 4.79 Å². The number of aromatic nitrogens is 2. The average Bonchev–Trinajstić information content (AvgIpc) is 3.08. The largest absolute Gasteiger partial charge is 0.339 e. The highest BCUT2D eigenvalue weighted by Crippen LogP contribution is 2.26. The van der Waals surface area contributed by atoms with Gasteiger partial charge < -0.3 is 9.47 Å². The Bertz CT molecular complexity index is 644. The second kappa shape index (κ2) is 6.60. The molecule has 2 aliphatic heterocycles. The number of nitrogens with zero attached hydrogens (tertiary/aromatic N) is 4. The smallest absolute Gasteiger partial charge is 0.241 e. The minimum Gasteiger partial charge on any atom is -0.339 e. The molecule has 0 unspecified atom stereocenters. The van der Waals surface area contributed by atoms with E-state index >= 15 is 0 Å². The molecule has 3 rings (SSSR count). The van der Waals surface area contributed by atoms with Gasteiger partial charge >= 0.3 is 0 Å². The van der Waals surface area contributed by atoms with Crippen LogP contribution in [-0.2, 0) is 14.8 Å². The van der Waals surface area contributed by atoms with Gasteiger partial charge in [0.05, 0.1) is 18.6 Å². The summed E-state index contributed by atoms with van der Waals surface area (Å²) < 4.78 is 27.4. The minimum atomic E-state index is -3.34. The molecular formula is C15H24N4O3S. The fourth-order valence-electron chi connectivity index (χ4n) is 3.64. The molecule has 23 heavy (non-hydrogen) atoms. The van der Waals surface area contributed by atoms with E-state index in [1.807, 2.05) is 15.7 Å². The average molecular weight is 340 g/mol. The second-order valence-corrected chi connectivity index (χ2v) is 8.41. The van der Waals surface area contributed by atoms with Crippen molar-refractivity contribution in [3.63, 3.8) is 0 Å². The number of piperidine rings is 2. The van der Waals surface area contributed by atoms with Gasteiger partial charge in [0.15, 0.2) is 0 Å². The number of sulfonamides is 1. The molecule has 1 aromatic heterocycles. The lowest BCUT2D eigenvalue weighted by atomic mass is 10.0. The number of carbonyl (C=O) groups excluding carboxylic acids is 1. The molecule has 2 atom stereocenters. The zero-order valence-corrected chi connectivity index (χ0v) is 14.3. The predicted octanol–water partition coefficient (Wildman–Crippen LogP) is 0.861. The summed E-state index contributed by atoms with van der Waals surface area (Å²) in [6, 6.07) is -0.300. The quantitative estimate of drug-likeness (QED) is 0.818. The van der Waals surface area contributed by atoms with Crippen LogP contribution in [0.1, 0.15) is 38.1 Å². The van der Waals surface area contributed by atoms with Gasteiger partial charge in [-0.15, -0.1) is 0 Å². The van der Waals surface area contributed by atoms with Crippen LogP contribution in [0.2, 0.25) is 0 Å².